The molecular formula is C13H19N3O3. The van der Waals surface area contributed by atoms with E-state index in [4.69, 9.17) is 5.11 Å². The molecule has 1 aromatic rings. The first-order valence-electron chi connectivity index (χ1n) is 6.25. The first kappa shape index (κ1) is 14.9. The lowest BCUT2D eigenvalue weighted by molar-refractivity contribution is -0.139. The molecule has 0 saturated carbocycles. The molecule has 0 spiro atoms. The maximum atomic E-state index is 11.7. The number of anilines is 1. The summed E-state index contributed by atoms with van der Waals surface area (Å²) in [6.45, 7) is 3.81. The third-order valence-electron chi connectivity index (χ3n) is 2.74. The second-order valence-corrected chi connectivity index (χ2v) is 4.32. The highest BCUT2D eigenvalue weighted by Crippen LogP contribution is 2.11. The van der Waals surface area contributed by atoms with E-state index in [9.17, 15) is 9.59 Å². The van der Waals surface area contributed by atoms with Crippen LogP contribution in [0.3, 0.4) is 0 Å². The van der Waals surface area contributed by atoms with Gasteiger partial charge in [0.15, 0.2) is 0 Å². The Kier molecular flexibility index (Phi) is 5.78. The Bertz CT molecular complexity index is 449. The molecule has 6 nitrogen and oxygen atoms in total. The van der Waals surface area contributed by atoms with E-state index in [0.29, 0.717) is 12.1 Å². The predicted molar refractivity (Wildman–Crippen MR) is 72.1 cm³/mol. The van der Waals surface area contributed by atoms with Crippen LogP contribution in [0.1, 0.15) is 31.7 Å². The van der Waals surface area contributed by atoms with Crippen molar-refractivity contribution in [1.82, 2.24) is 10.3 Å². The Morgan fingerprint density at radius 3 is 2.79 bits per heavy atom. The average Bonchev–Trinajstić information content (AvgIpc) is 2.37. The van der Waals surface area contributed by atoms with Gasteiger partial charge >= 0.3 is 12.0 Å². The van der Waals surface area contributed by atoms with Crippen LogP contribution in [0.5, 0.6) is 0 Å². The van der Waals surface area contributed by atoms with Crippen molar-refractivity contribution in [1.29, 1.82) is 0 Å². The number of carboxylic acids is 1. The number of amides is 2. The van der Waals surface area contributed by atoms with Crippen LogP contribution < -0.4 is 10.6 Å². The Morgan fingerprint density at radius 1 is 1.47 bits per heavy atom. The van der Waals surface area contributed by atoms with E-state index in [0.717, 1.165) is 18.4 Å². The van der Waals surface area contributed by atoms with E-state index in [1.165, 1.54) is 6.20 Å². The molecule has 0 aliphatic carbocycles. The van der Waals surface area contributed by atoms with Gasteiger partial charge in [0.05, 0.1) is 11.9 Å². The monoisotopic (exact) mass is 265 g/mol. The molecule has 0 aromatic carbocycles. The standard InChI is InChI=1S/C13H19N3O3/c1-3-4-5-10(12(17)18)15-13(19)16-11-8-14-7-6-9(11)2/h6-8,10H,3-5H2,1-2H3,(H,17,18)(H2,15,16,19)/t10-/m0/s1. The fraction of sp³-hybridized carbons (Fsp3) is 0.462. The van der Waals surface area contributed by atoms with Crippen molar-refractivity contribution < 1.29 is 14.7 Å². The summed E-state index contributed by atoms with van der Waals surface area (Å²) >= 11 is 0. The molecule has 0 radical (unpaired) electrons. The smallest absolute Gasteiger partial charge is 0.326 e. The van der Waals surface area contributed by atoms with Crippen LogP contribution in [-0.2, 0) is 4.79 Å². The number of pyridine rings is 1. The second-order valence-electron chi connectivity index (χ2n) is 4.32. The minimum Gasteiger partial charge on any atom is -0.480 e. The van der Waals surface area contributed by atoms with Gasteiger partial charge in [-0.3, -0.25) is 4.98 Å². The summed E-state index contributed by atoms with van der Waals surface area (Å²) in [5, 5.41) is 14.1. The number of nitrogens with one attached hydrogen (secondary N) is 2. The molecule has 0 saturated heterocycles. The fourth-order valence-electron chi connectivity index (χ4n) is 1.58. The Labute approximate surface area is 112 Å². The van der Waals surface area contributed by atoms with Crippen LogP contribution in [0.15, 0.2) is 18.5 Å². The molecule has 1 heterocycles. The fourth-order valence-corrected chi connectivity index (χ4v) is 1.58. The number of carboxylic acid groups (broad SMARTS) is 1. The zero-order valence-electron chi connectivity index (χ0n) is 11.1. The number of aromatic nitrogens is 1. The van der Waals surface area contributed by atoms with E-state index < -0.39 is 18.0 Å². The molecule has 19 heavy (non-hydrogen) atoms. The van der Waals surface area contributed by atoms with Gasteiger partial charge in [-0.2, -0.15) is 0 Å². The van der Waals surface area contributed by atoms with Crippen LogP contribution in [0.25, 0.3) is 0 Å². The Morgan fingerprint density at radius 2 is 2.21 bits per heavy atom. The number of aryl methyl sites for hydroxylation is 1. The minimum absolute atomic E-state index is 0.422. The number of carbonyl (C=O) groups excluding carboxylic acids is 1. The molecule has 0 bridgehead atoms. The van der Waals surface area contributed by atoms with Gasteiger partial charge in [0.1, 0.15) is 6.04 Å². The van der Waals surface area contributed by atoms with Crippen LogP contribution >= 0.6 is 0 Å². The van der Waals surface area contributed by atoms with Crippen LogP contribution in [-0.4, -0.2) is 28.1 Å². The lowest BCUT2D eigenvalue weighted by Crippen LogP contribution is -2.43. The van der Waals surface area contributed by atoms with E-state index in [1.54, 1.807) is 12.3 Å². The lowest BCUT2D eigenvalue weighted by Gasteiger charge is -2.15. The summed E-state index contributed by atoms with van der Waals surface area (Å²) in [6, 6.07) is 0.373. The van der Waals surface area contributed by atoms with Crippen molar-refractivity contribution in [3.05, 3.63) is 24.0 Å². The molecule has 104 valence electrons. The highest BCUT2D eigenvalue weighted by molar-refractivity contribution is 5.92. The van der Waals surface area contributed by atoms with E-state index in [2.05, 4.69) is 15.6 Å². The van der Waals surface area contributed by atoms with Crippen LogP contribution in [0, 0.1) is 6.92 Å². The molecule has 1 aromatic heterocycles. The van der Waals surface area contributed by atoms with E-state index >= 15 is 0 Å². The molecule has 1 rings (SSSR count). The maximum Gasteiger partial charge on any atom is 0.326 e. The number of aliphatic carboxylic acids is 1. The number of urea groups is 1. The van der Waals surface area contributed by atoms with Gasteiger partial charge in [-0.05, 0) is 25.0 Å². The van der Waals surface area contributed by atoms with Crippen molar-refractivity contribution in [2.45, 2.75) is 39.2 Å². The van der Waals surface area contributed by atoms with E-state index in [1.807, 2.05) is 13.8 Å². The summed E-state index contributed by atoms with van der Waals surface area (Å²) in [5.74, 6) is -1.02. The maximum absolute atomic E-state index is 11.7. The van der Waals surface area contributed by atoms with E-state index in [-0.39, 0.29) is 0 Å². The first-order chi connectivity index (χ1) is 9.04. The number of nitrogens with zero attached hydrogens (tertiary/aromatic N) is 1. The minimum atomic E-state index is -1.02. The molecule has 0 fully saturated rings. The molecule has 0 aliphatic rings. The van der Waals surface area contributed by atoms with Crippen molar-refractivity contribution in [2.75, 3.05) is 5.32 Å². The number of unbranched alkanes of at least 4 members (excludes halogenated alkanes) is 1. The lowest BCUT2D eigenvalue weighted by atomic mass is 10.1. The van der Waals surface area contributed by atoms with Crippen molar-refractivity contribution in [3.63, 3.8) is 0 Å². The summed E-state index contributed by atoms with van der Waals surface area (Å²) in [7, 11) is 0. The van der Waals surface area contributed by atoms with Gasteiger partial charge < -0.3 is 15.7 Å². The SMILES string of the molecule is CCCC[C@H](NC(=O)Nc1cnccc1C)C(=O)O. The predicted octanol–water partition coefficient (Wildman–Crippen LogP) is 2.15. The van der Waals surface area contributed by atoms with Crippen molar-refractivity contribution in [3.8, 4) is 0 Å². The highest BCUT2D eigenvalue weighted by atomic mass is 16.4. The normalized spacial score (nSPS) is 11.7. The van der Waals surface area contributed by atoms with Crippen molar-refractivity contribution in [2.24, 2.45) is 0 Å². The van der Waals surface area contributed by atoms with Gasteiger partial charge in [0.2, 0.25) is 0 Å². The molecule has 2 amide bonds. The van der Waals surface area contributed by atoms with Gasteiger partial charge in [-0.25, -0.2) is 9.59 Å². The number of hydrogen-bond donors (Lipinski definition) is 3. The second kappa shape index (κ2) is 7.35. The first-order valence-corrected chi connectivity index (χ1v) is 6.25. The van der Waals surface area contributed by atoms with Gasteiger partial charge in [0.25, 0.3) is 0 Å². The molecule has 6 heteroatoms. The number of carbonyl (C=O) groups is 2. The molecular weight excluding hydrogens is 246 g/mol. The molecule has 3 N–H and O–H groups in total. The topological polar surface area (TPSA) is 91.3 Å². The molecule has 0 aliphatic heterocycles. The van der Waals surface area contributed by atoms with Crippen LogP contribution in [0.2, 0.25) is 0 Å². The number of hydrogen-bond acceptors (Lipinski definition) is 3. The third-order valence-corrected chi connectivity index (χ3v) is 2.74. The molecule has 1 atom stereocenters. The average molecular weight is 265 g/mol. The number of rotatable bonds is 6. The zero-order valence-corrected chi connectivity index (χ0v) is 11.1. The quantitative estimate of drug-likeness (QED) is 0.735. The van der Waals surface area contributed by atoms with Crippen molar-refractivity contribution >= 4 is 17.7 Å². The summed E-state index contributed by atoms with van der Waals surface area (Å²) < 4.78 is 0. The van der Waals surface area contributed by atoms with Gasteiger partial charge in [0, 0.05) is 6.20 Å². The van der Waals surface area contributed by atoms with Gasteiger partial charge in [-0.1, -0.05) is 19.8 Å². The zero-order chi connectivity index (χ0) is 14.3. The van der Waals surface area contributed by atoms with Gasteiger partial charge in [-0.15, -0.1) is 0 Å². The molecule has 0 unspecified atom stereocenters. The summed E-state index contributed by atoms with van der Waals surface area (Å²) in [4.78, 5) is 26.6. The Balaban J connectivity index is 2.58. The Hall–Kier alpha value is -2.11. The summed E-state index contributed by atoms with van der Waals surface area (Å²) in [5.41, 5.74) is 1.44. The largest absolute Gasteiger partial charge is 0.480 e. The highest BCUT2D eigenvalue weighted by Gasteiger charge is 2.19. The van der Waals surface area contributed by atoms with Crippen LogP contribution in [0.4, 0.5) is 10.5 Å². The third kappa shape index (κ3) is 4.95. The summed E-state index contributed by atoms with van der Waals surface area (Å²) in [6.07, 6.45) is 5.21.